The number of benzene rings is 2. The summed E-state index contributed by atoms with van der Waals surface area (Å²) in [5, 5.41) is 2.68. The second-order valence-electron chi connectivity index (χ2n) is 4.82. The summed E-state index contributed by atoms with van der Waals surface area (Å²) in [6, 6.07) is 16.5. The van der Waals surface area contributed by atoms with E-state index in [4.69, 9.17) is 4.74 Å². The molecule has 4 nitrogen and oxygen atoms in total. The molecular formula is C18H16BrNO3. The number of hydrogen-bond donors (Lipinski definition) is 1. The Morgan fingerprint density at radius 2 is 1.74 bits per heavy atom. The summed E-state index contributed by atoms with van der Waals surface area (Å²) in [7, 11) is 0. The molecule has 0 saturated heterocycles. The number of ether oxygens (including phenoxy) is 1. The third-order valence-electron chi connectivity index (χ3n) is 2.99. The summed E-state index contributed by atoms with van der Waals surface area (Å²) in [6.07, 6.45) is 2.06. The van der Waals surface area contributed by atoms with Crippen molar-refractivity contribution in [1.29, 1.82) is 0 Å². The molecule has 0 heterocycles. The van der Waals surface area contributed by atoms with E-state index in [2.05, 4.69) is 21.2 Å². The van der Waals surface area contributed by atoms with Gasteiger partial charge in [0.25, 0.3) is 5.91 Å². The summed E-state index contributed by atoms with van der Waals surface area (Å²) >= 11 is 3.34. The first-order valence-electron chi connectivity index (χ1n) is 7.05. The molecule has 0 aliphatic rings. The van der Waals surface area contributed by atoms with Crippen LogP contribution in [0, 0.1) is 0 Å². The van der Waals surface area contributed by atoms with Crippen LogP contribution in [0.25, 0.3) is 6.08 Å². The number of anilines is 1. The van der Waals surface area contributed by atoms with Crippen molar-refractivity contribution < 1.29 is 14.3 Å². The van der Waals surface area contributed by atoms with Crippen molar-refractivity contribution in [2.24, 2.45) is 0 Å². The van der Waals surface area contributed by atoms with Crippen LogP contribution in [-0.4, -0.2) is 18.0 Å². The fourth-order valence-corrected chi connectivity index (χ4v) is 2.03. The quantitative estimate of drug-likeness (QED) is 0.635. The van der Waals surface area contributed by atoms with E-state index >= 15 is 0 Å². The second-order valence-corrected chi connectivity index (χ2v) is 5.73. The first-order valence-corrected chi connectivity index (χ1v) is 7.84. The van der Waals surface area contributed by atoms with Crippen LogP contribution in [-0.2, 0) is 14.3 Å². The highest BCUT2D eigenvalue weighted by Gasteiger charge is 2.16. The van der Waals surface area contributed by atoms with Gasteiger partial charge in [-0.3, -0.25) is 4.79 Å². The Balaban J connectivity index is 1.86. The van der Waals surface area contributed by atoms with E-state index in [1.807, 2.05) is 42.5 Å². The molecule has 0 saturated carbocycles. The number of halogens is 1. The van der Waals surface area contributed by atoms with Crippen LogP contribution in [0.4, 0.5) is 5.69 Å². The van der Waals surface area contributed by atoms with E-state index in [1.54, 1.807) is 18.2 Å². The first kappa shape index (κ1) is 17.0. The largest absolute Gasteiger partial charge is 0.449 e. The Labute approximate surface area is 143 Å². The maximum atomic E-state index is 11.9. The minimum atomic E-state index is -0.878. The van der Waals surface area contributed by atoms with E-state index in [-0.39, 0.29) is 5.91 Å². The third-order valence-corrected chi connectivity index (χ3v) is 3.51. The zero-order chi connectivity index (χ0) is 16.7. The van der Waals surface area contributed by atoms with Crippen LogP contribution in [0.2, 0.25) is 0 Å². The molecule has 0 aliphatic carbocycles. The molecule has 0 bridgehead atoms. The fourth-order valence-electron chi connectivity index (χ4n) is 1.77. The van der Waals surface area contributed by atoms with Crippen molar-refractivity contribution in [2.45, 2.75) is 13.0 Å². The van der Waals surface area contributed by atoms with Crippen LogP contribution >= 0.6 is 15.9 Å². The van der Waals surface area contributed by atoms with Gasteiger partial charge in [0.1, 0.15) is 0 Å². The smallest absolute Gasteiger partial charge is 0.331 e. The lowest BCUT2D eigenvalue weighted by Crippen LogP contribution is -2.29. The number of amides is 1. The van der Waals surface area contributed by atoms with Gasteiger partial charge in [-0.15, -0.1) is 0 Å². The van der Waals surface area contributed by atoms with Crippen molar-refractivity contribution in [1.82, 2.24) is 0 Å². The van der Waals surface area contributed by atoms with Gasteiger partial charge in [0.2, 0.25) is 0 Å². The zero-order valence-corrected chi connectivity index (χ0v) is 14.1. The number of hydrogen-bond acceptors (Lipinski definition) is 3. The Kier molecular flexibility index (Phi) is 6.11. The van der Waals surface area contributed by atoms with Gasteiger partial charge in [-0.1, -0.05) is 46.3 Å². The van der Waals surface area contributed by atoms with E-state index in [9.17, 15) is 9.59 Å². The standard InChI is InChI=1S/C18H16BrNO3/c1-13(18(22)20-16-5-3-2-4-6-16)23-17(21)12-9-14-7-10-15(19)11-8-14/h2-13H,1H3,(H,20,22)/b12-9+/t13-/m0/s1. The summed E-state index contributed by atoms with van der Waals surface area (Å²) in [5.41, 5.74) is 1.53. The molecule has 0 aromatic heterocycles. The van der Waals surface area contributed by atoms with Gasteiger partial charge < -0.3 is 10.1 Å². The van der Waals surface area contributed by atoms with Crippen molar-refractivity contribution in [3.05, 3.63) is 70.7 Å². The molecule has 0 aliphatic heterocycles. The Morgan fingerprint density at radius 3 is 2.39 bits per heavy atom. The van der Waals surface area contributed by atoms with E-state index in [0.717, 1.165) is 10.0 Å². The lowest BCUT2D eigenvalue weighted by Gasteiger charge is -2.12. The SMILES string of the molecule is C[C@H](OC(=O)/C=C/c1ccc(Br)cc1)C(=O)Nc1ccccc1. The molecule has 0 radical (unpaired) electrons. The van der Waals surface area contributed by atoms with Crippen molar-refractivity contribution in [3.63, 3.8) is 0 Å². The minimum Gasteiger partial charge on any atom is -0.449 e. The maximum absolute atomic E-state index is 11.9. The highest BCUT2D eigenvalue weighted by atomic mass is 79.9. The van der Waals surface area contributed by atoms with E-state index < -0.39 is 12.1 Å². The van der Waals surface area contributed by atoms with Gasteiger partial charge in [0.05, 0.1) is 0 Å². The van der Waals surface area contributed by atoms with Crippen LogP contribution in [0.3, 0.4) is 0 Å². The molecule has 5 heteroatoms. The van der Waals surface area contributed by atoms with Gasteiger partial charge in [0.15, 0.2) is 6.10 Å². The van der Waals surface area contributed by atoms with E-state index in [0.29, 0.717) is 5.69 Å². The Bertz CT molecular complexity index is 696. The minimum absolute atomic E-state index is 0.374. The normalized spacial score (nSPS) is 11.9. The third kappa shape index (κ3) is 5.71. The van der Waals surface area contributed by atoms with Crippen molar-refractivity contribution >= 4 is 39.6 Å². The Hall–Kier alpha value is -2.40. The van der Waals surface area contributed by atoms with E-state index in [1.165, 1.54) is 13.0 Å². The molecule has 23 heavy (non-hydrogen) atoms. The molecule has 0 spiro atoms. The van der Waals surface area contributed by atoms with Gasteiger partial charge in [-0.25, -0.2) is 4.79 Å². The average molecular weight is 374 g/mol. The molecule has 1 amide bonds. The average Bonchev–Trinajstić information content (AvgIpc) is 2.55. The van der Waals surface area contributed by atoms with Gasteiger partial charge in [-0.05, 0) is 42.8 Å². The summed E-state index contributed by atoms with van der Waals surface area (Å²) in [5.74, 6) is -0.940. The highest BCUT2D eigenvalue weighted by molar-refractivity contribution is 9.10. The van der Waals surface area contributed by atoms with Crippen LogP contribution in [0.1, 0.15) is 12.5 Å². The molecule has 2 aromatic rings. The summed E-state index contributed by atoms with van der Waals surface area (Å²) in [6.45, 7) is 1.53. The number of para-hydroxylation sites is 1. The Morgan fingerprint density at radius 1 is 1.09 bits per heavy atom. The number of rotatable bonds is 5. The van der Waals surface area contributed by atoms with Gasteiger partial charge >= 0.3 is 5.97 Å². The molecule has 118 valence electrons. The lowest BCUT2D eigenvalue weighted by molar-refractivity contribution is -0.148. The summed E-state index contributed by atoms with van der Waals surface area (Å²) in [4.78, 5) is 23.7. The maximum Gasteiger partial charge on any atom is 0.331 e. The number of carbonyl (C=O) groups excluding carboxylic acids is 2. The fraction of sp³-hybridized carbons (Fsp3) is 0.111. The van der Waals surface area contributed by atoms with Gasteiger partial charge in [0, 0.05) is 16.2 Å². The molecule has 1 atom stereocenters. The number of esters is 1. The number of nitrogens with one attached hydrogen (secondary N) is 1. The molecule has 1 N–H and O–H groups in total. The predicted molar refractivity (Wildman–Crippen MR) is 93.8 cm³/mol. The molecular weight excluding hydrogens is 358 g/mol. The monoisotopic (exact) mass is 373 g/mol. The zero-order valence-electron chi connectivity index (χ0n) is 12.5. The molecule has 2 rings (SSSR count). The van der Waals surface area contributed by atoms with Crippen molar-refractivity contribution in [2.75, 3.05) is 5.32 Å². The molecule has 2 aromatic carbocycles. The van der Waals surface area contributed by atoms with Crippen molar-refractivity contribution in [3.8, 4) is 0 Å². The predicted octanol–water partition coefficient (Wildman–Crippen LogP) is 4.03. The van der Waals surface area contributed by atoms with Crippen LogP contribution in [0.5, 0.6) is 0 Å². The highest BCUT2D eigenvalue weighted by Crippen LogP contribution is 2.12. The topological polar surface area (TPSA) is 55.4 Å². The molecule has 0 unspecified atom stereocenters. The number of carbonyl (C=O) groups is 2. The molecule has 0 fully saturated rings. The van der Waals surface area contributed by atoms with Gasteiger partial charge in [-0.2, -0.15) is 0 Å². The van der Waals surface area contributed by atoms with Crippen LogP contribution < -0.4 is 5.32 Å². The van der Waals surface area contributed by atoms with Crippen LogP contribution in [0.15, 0.2) is 65.1 Å². The summed E-state index contributed by atoms with van der Waals surface area (Å²) < 4.78 is 6.04. The lowest BCUT2D eigenvalue weighted by atomic mass is 10.2. The first-order chi connectivity index (χ1) is 11.0. The second kappa shape index (κ2) is 8.29.